The summed E-state index contributed by atoms with van der Waals surface area (Å²) in [6.07, 6.45) is 3.35. The molecule has 2 aromatic carbocycles. The van der Waals surface area contributed by atoms with Crippen molar-refractivity contribution in [3.8, 4) is 0 Å². The standard InChI is InChI=1S/C24H27ClFNO3/c1-2-3-9-21(28)29-14-17-10-11-18-22(15-7-5-4-6-8-15)27-23-19(24(18)30-17)12-16(25)13-20(23)26/h4-8,12-13,17-18,22,24,27H,2-3,9-11,14H2,1H3/t17-,18+,22+,24+/m1/s1. The number of hydrogen-bond donors (Lipinski definition) is 1. The highest BCUT2D eigenvalue weighted by molar-refractivity contribution is 6.30. The lowest BCUT2D eigenvalue weighted by atomic mass is 9.76. The maximum Gasteiger partial charge on any atom is 0.305 e. The van der Waals surface area contributed by atoms with Crippen LogP contribution in [0.2, 0.25) is 5.02 Å². The van der Waals surface area contributed by atoms with E-state index in [-0.39, 0.29) is 42.6 Å². The van der Waals surface area contributed by atoms with Crippen LogP contribution in [0.1, 0.15) is 62.3 Å². The highest BCUT2D eigenvalue weighted by Gasteiger charge is 2.43. The maximum atomic E-state index is 14.8. The van der Waals surface area contributed by atoms with Crippen molar-refractivity contribution < 1.29 is 18.7 Å². The molecule has 0 aromatic heterocycles. The molecule has 0 amide bonds. The van der Waals surface area contributed by atoms with Gasteiger partial charge in [-0.05, 0) is 37.0 Å². The molecule has 0 radical (unpaired) electrons. The fraction of sp³-hybridized carbons (Fsp3) is 0.458. The summed E-state index contributed by atoms with van der Waals surface area (Å²) in [5, 5.41) is 3.75. The largest absolute Gasteiger partial charge is 0.463 e. The van der Waals surface area contributed by atoms with Gasteiger partial charge in [-0.25, -0.2) is 4.39 Å². The number of ether oxygens (including phenoxy) is 2. The van der Waals surface area contributed by atoms with Crippen LogP contribution in [0.3, 0.4) is 0 Å². The van der Waals surface area contributed by atoms with E-state index >= 15 is 0 Å². The second-order valence-corrected chi connectivity index (χ2v) is 8.53. The lowest BCUT2D eigenvalue weighted by molar-refractivity contribution is -0.157. The second-order valence-electron chi connectivity index (χ2n) is 8.09. The van der Waals surface area contributed by atoms with Crippen molar-refractivity contribution in [3.05, 3.63) is 64.4 Å². The van der Waals surface area contributed by atoms with Crippen LogP contribution in [0, 0.1) is 11.7 Å². The highest BCUT2D eigenvalue weighted by Crippen LogP contribution is 2.51. The summed E-state index contributed by atoms with van der Waals surface area (Å²) in [4.78, 5) is 11.9. The van der Waals surface area contributed by atoms with E-state index in [1.54, 1.807) is 6.07 Å². The van der Waals surface area contributed by atoms with Gasteiger partial charge in [0.2, 0.25) is 0 Å². The quantitative estimate of drug-likeness (QED) is 0.552. The average Bonchev–Trinajstić information content (AvgIpc) is 2.76. The Bertz CT molecular complexity index is 892. The predicted molar refractivity (Wildman–Crippen MR) is 115 cm³/mol. The summed E-state index contributed by atoms with van der Waals surface area (Å²) in [5.74, 6) is -0.442. The number of carbonyl (C=O) groups excluding carboxylic acids is 1. The number of esters is 1. The first-order chi connectivity index (χ1) is 14.6. The van der Waals surface area contributed by atoms with E-state index in [9.17, 15) is 9.18 Å². The number of fused-ring (bicyclic) bond motifs is 3. The van der Waals surface area contributed by atoms with Crippen LogP contribution in [0.15, 0.2) is 42.5 Å². The van der Waals surface area contributed by atoms with E-state index in [0.29, 0.717) is 17.1 Å². The van der Waals surface area contributed by atoms with Crippen LogP contribution in [0.5, 0.6) is 0 Å². The molecule has 4 nitrogen and oxygen atoms in total. The number of rotatable bonds is 6. The Morgan fingerprint density at radius 2 is 2.07 bits per heavy atom. The highest BCUT2D eigenvalue weighted by atomic mass is 35.5. The molecular formula is C24H27ClFNO3. The van der Waals surface area contributed by atoms with Gasteiger partial charge in [-0.2, -0.15) is 0 Å². The number of carbonyl (C=O) groups is 1. The Labute approximate surface area is 181 Å². The van der Waals surface area contributed by atoms with Crippen molar-refractivity contribution in [1.29, 1.82) is 0 Å². The normalized spacial score (nSPS) is 25.0. The van der Waals surface area contributed by atoms with E-state index in [0.717, 1.165) is 36.8 Å². The van der Waals surface area contributed by atoms with E-state index in [2.05, 4.69) is 17.4 Å². The molecule has 0 spiro atoms. The zero-order valence-corrected chi connectivity index (χ0v) is 17.8. The number of nitrogens with one attached hydrogen (secondary N) is 1. The first kappa shape index (κ1) is 21.1. The molecule has 30 heavy (non-hydrogen) atoms. The van der Waals surface area contributed by atoms with Crippen molar-refractivity contribution in [2.24, 2.45) is 5.92 Å². The molecular weight excluding hydrogens is 405 g/mol. The van der Waals surface area contributed by atoms with Crippen LogP contribution >= 0.6 is 11.6 Å². The summed E-state index contributed by atoms with van der Waals surface area (Å²) in [6.45, 7) is 2.27. The first-order valence-electron chi connectivity index (χ1n) is 10.7. The summed E-state index contributed by atoms with van der Waals surface area (Å²) in [5.41, 5.74) is 2.27. The van der Waals surface area contributed by atoms with Gasteiger partial charge in [0.05, 0.1) is 23.9 Å². The van der Waals surface area contributed by atoms with Crippen LogP contribution in [-0.2, 0) is 14.3 Å². The van der Waals surface area contributed by atoms with Gasteiger partial charge in [0.15, 0.2) is 0 Å². The minimum atomic E-state index is -0.381. The van der Waals surface area contributed by atoms with Gasteiger partial charge in [0, 0.05) is 22.9 Å². The van der Waals surface area contributed by atoms with Gasteiger partial charge < -0.3 is 14.8 Å². The molecule has 160 valence electrons. The number of hydrogen-bond acceptors (Lipinski definition) is 4. The summed E-state index contributed by atoms with van der Waals surface area (Å²) in [6, 6.07) is 13.1. The number of benzene rings is 2. The van der Waals surface area contributed by atoms with E-state index < -0.39 is 0 Å². The third-order valence-electron chi connectivity index (χ3n) is 5.99. The number of unbranched alkanes of at least 4 members (excludes halogenated alkanes) is 1. The summed E-state index contributed by atoms with van der Waals surface area (Å²) >= 11 is 6.16. The lowest BCUT2D eigenvalue weighted by Gasteiger charge is -2.45. The molecule has 4 rings (SSSR count). The topological polar surface area (TPSA) is 47.6 Å². The Morgan fingerprint density at radius 3 is 2.83 bits per heavy atom. The van der Waals surface area contributed by atoms with Crippen molar-refractivity contribution in [2.75, 3.05) is 11.9 Å². The first-order valence-corrected chi connectivity index (χ1v) is 11.1. The maximum absolute atomic E-state index is 14.8. The van der Waals surface area contributed by atoms with Gasteiger partial charge in [-0.3, -0.25) is 4.79 Å². The second kappa shape index (κ2) is 9.36. The summed E-state index contributed by atoms with van der Waals surface area (Å²) in [7, 11) is 0. The third kappa shape index (κ3) is 4.47. The average molecular weight is 432 g/mol. The molecule has 4 atom stereocenters. The number of halogens is 2. The molecule has 0 bridgehead atoms. The molecule has 1 N–H and O–H groups in total. The fourth-order valence-electron chi connectivity index (χ4n) is 4.48. The van der Waals surface area contributed by atoms with Gasteiger partial charge >= 0.3 is 5.97 Å². The van der Waals surface area contributed by atoms with Crippen molar-refractivity contribution in [2.45, 2.75) is 57.3 Å². The Balaban J connectivity index is 1.57. The molecule has 1 saturated heterocycles. The monoisotopic (exact) mass is 431 g/mol. The third-order valence-corrected chi connectivity index (χ3v) is 6.21. The van der Waals surface area contributed by atoms with Gasteiger partial charge in [-0.1, -0.05) is 55.3 Å². The Morgan fingerprint density at radius 1 is 1.27 bits per heavy atom. The lowest BCUT2D eigenvalue weighted by Crippen LogP contribution is -2.40. The van der Waals surface area contributed by atoms with E-state index in [1.807, 2.05) is 25.1 Å². The SMILES string of the molecule is CCCCC(=O)OC[C@H]1CC[C@@H]2[C@H](O1)c1cc(Cl)cc(F)c1N[C@H]2c1ccccc1. The van der Waals surface area contributed by atoms with Crippen LogP contribution in [0.4, 0.5) is 10.1 Å². The van der Waals surface area contributed by atoms with Gasteiger partial charge in [0.1, 0.15) is 12.4 Å². The fourth-order valence-corrected chi connectivity index (χ4v) is 4.69. The molecule has 0 saturated carbocycles. The molecule has 2 heterocycles. The van der Waals surface area contributed by atoms with Crippen molar-refractivity contribution in [1.82, 2.24) is 0 Å². The minimum absolute atomic E-state index is 0.0626. The van der Waals surface area contributed by atoms with Gasteiger partial charge in [0.25, 0.3) is 0 Å². The molecule has 2 aliphatic heterocycles. The molecule has 0 unspecified atom stereocenters. The molecule has 1 fully saturated rings. The Hall–Kier alpha value is -2.11. The minimum Gasteiger partial charge on any atom is -0.463 e. The van der Waals surface area contributed by atoms with E-state index in [4.69, 9.17) is 21.1 Å². The van der Waals surface area contributed by atoms with Crippen LogP contribution in [0.25, 0.3) is 0 Å². The van der Waals surface area contributed by atoms with Crippen LogP contribution < -0.4 is 5.32 Å². The molecule has 6 heteroatoms. The zero-order valence-electron chi connectivity index (χ0n) is 17.1. The molecule has 2 aliphatic rings. The van der Waals surface area contributed by atoms with Gasteiger partial charge in [-0.15, -0.1) is 0 Å². The molecule has 2 aromatic rings. The number of anilines is 1. The predicted octanol–water partition coefficient (Wildman–Crippen LogP) is 6.22. The van der Waals surface area contributed by atoms with Crippen molar-refractivity contribution in [3.63, 3.8) is 0 Å². The molecule has 0 aliphatic carbocycles. The zero-order chi connectivity index (χ0) is 21.1. The smallest absolute Gasteiger partial charge is 0.305 e. The summed E-state index contributed by atoms with van der Waals surface area (Å²) < 4.78 is 26.6. The van der Waals surface area contributed by atoms with E-state index in [1.165, 1.54) is 6.07 Å². The van der Waals surface area contributed by atoms with Crippen LogP contribution in [-0.4, -0.2) is 18.7 Å². The Kier molecular flexibility index (Phi) is 6.59. The van der Waals surface area contributed by atoms with Crippen molar-refractivity contribution >= 4 is 23.3 Å².